The van der Waals surface area contributed by atoms with E-state index in [4.69, 9.17) is 0 Å². The van der Waals surface area contributed by atoms with Crippen molar-refractivity contribution in [3.63, 3.8) is 0 Å². The minimum Gasteiger partial charge on any atom is -0.314 e. The first kappa shape index (κ1) is 34.1. The molecule has 2 aromatic rings. The molecule has 1 unspecified atom stereocenters. The molecule has 218 valence electrons. The number of aryl methyl sites for hydroxylation is 2. The predicted octanol–water partition coefficient (Wildman–Crippen LogP) is 8.36. The number of anilines is 1. The van der Waals surface area contributed by atoms with Crippen LogP contribution in [0.2, 0.25) is 0 Å². The van der Waals surface area contributed by atoms with Gasteiger partial charge < -0.3 is 10.6 Å². The monoisotopic (exact) mass is 538 g/mol. The zero-order valence-electron chi connectivity index (χ0n) is 26.3. The van der Waals surface area contributed by atoms with Crippen molar-refractivity contribution < 1.29 is 4.79 Å². The Morgan fingerprint density at radius 1 is 1.18 bits per heavy atom. The lowest BCUT2D eigenvalue weighted by atomic mass is 10.0. The molecule has 0 aliphatic carbocycles. The molecule has 7 heteroatoms. The molecule has 1 aliphatic heterocycles. The van der Waals surface area contributed by atoms with E-state index in [9.17, 15) is 4.79 Å². The maximum atomic E-state index is 13.0. The molecule has 0 bridgehead atoms. The summed E-state index contributed by atoms with van der Waals surface area (Å²) < 4.78 is 1.74. The highest BCUT2D eigenvalue weighted by Gasteiger charge is 2.28. The number of hydrogen-bond donors (Lipinski definition) is 2. The molecule has 2 aromatic heterocycles. The van der Waals surface area contributed by atoms with Crippen molar-refractivity contribution in [1.82, 2.24) is 24.8 Å². The van der Waals surface area contributed by atoms with E-state index in [-0.39, 0.29) is 6.03 Å². The second kappa shape index (κ2) is 18.4. The first-order valence-corrected chi connectivity index (χ1v) is 14.9. The van der Waals surface area contributed by atoms with Crippen LogP contribution in [0, 0.1) is 13.8 Å². The second-order valence-corrected chi connectivity index (χ2v) is 9.79. The SMILES string of the molecule is CC.CCCCCNC(C)CC.C\C=C/C(C)=C1/CCN(C(=O)Nc2cc3nc(C)nn3cc2C)/C1=C/CC. The lowest BCUT2D eigenvalue weighted by Crippen LogP contribution is -2.31. The van der Waals surface area contributed by atoms with Crippen LogP contribution >= 0.6 is 0 Å². The zero-order chi connectivity index (χ0) is 29.4. The number of nitrogens with one attached hydrogen (secondary N) is 2. The number of rotatable bonds is 9. The van der Waals surface area contributed by atoms with Gasteiger partial charge in [-0.2, -0.15) is 5.10 Å². The van der Waals surface area contributed by atoms with E-state index < -0.39 is 0 Å². The topological polar surface area (TPSA) is 74.6 Å². The largest absolute Gasteiger partial charge is 0.326 e. The van der Waals surface area contributed by atoms with Crippen molar-refractivity contribution >= 4 is 17.4 Å². The van der Waals surface area contributed by atoms with Gasteiger partial charge in [0.15, 0.2) is 5.65 Å². The molecule has 0 spiro atoms. The van der Waals surface area contributed by atoms with Gasteiger partial charge in [-0.1, -0.05) is 65.7 Å². The van der Waals surface area contributed by atoms with E-state index in [1.807, 2.05) is 57.9 Å². The number of nitrogens with zero attached hydrogens (tertiary/aromatic N) is 4. The smallest absolute Gasteiger partial charge is 0.314 e. The van der Waals surface area contributed by atoms with Crippen molar-refractivity contribution in [3.8, 4) is 0 Å². The van der Waals surface area contributed by atoms with Gasteiger partial charge in [-0.15, -0.1) is 0 Å². The maximum absolute atomic E-state index is 13.0. The number of urea groups is 1. The zero-order valence-corrected chi connectivity index (χ0v) is 26.3. The van der Waals surface area contributed by atoms with Gasteiger partial charge in [0.05, 0.1) is 5.69 Å². The van der Waals surface area contributed by atoms with Crippen LogP contribution in [-0.4, -0.2) is 44.7 Å². The van der Waals surface area contributed by atoms with Gasteiger partial charge in [0, 0.05) is 30.5 Å². The fraction of sp³-hybridized carbons (Fsp3) is 0.594. The van der Waals surface area contributed by atoms with Crippen molar-refractivity contribution in [2.75, 3.05) is 18.4 Å². The van der Waals surface area contributed by atoms with Gasteiger partial charge in [-0.3, -0.25) is 4.90 Å². The molecule has 1 aliphatic rings. The van der Waals surface area contributed by atoms with E-state index in [0.29, 0.717) is 18.4 Å². The molecular weight excluding hydrogens is 484 g/mol. The van der Waals surface area contributed by atoms with Crippen molar-refractivity contribution in [1.29, 1.82) is 0 Å². The van der Waals surface area contributed by atoms with Crippen LogP contribution in [0.3, 0.4) is 0 Å². The van der Waals surface area contributed by atoms with Crippen molar-refractivity contribution in [2.24, 2.45) is 0 Å². The summed E-state index contributed by atoms with van der Waals surface area (Å²) in [5, 5.41) is 10.8. The Bertz CT molecular complexity index is 1110. The highest BCUT2D eigenvalue weighted by atomic mass is 16.2. The number of amides is 2. The predicted molar refractivity (Wildman–Crippen MR) is 167 cm³/mol. The number of fused-ring (bicyclic) bond motifs is 1. The van der Waals surface area contributed by atoms with Crippen molar-refractivity contribution in [2.45, 2.75) is 114 Å². The lowest BCUT2D eigenvalue weighted by Gasteiger charge is -2.20. The molecule has 3 rings (SSSR count). The fourth-order valence-electron chi connectivity index (χ4n) is 4.34. The Labute approximate surface area is 237 Å². The molecule has 2 N–H and O–H groups in total. The third kappa shape index (κ3) is 10.6. The van der Waals surface area contributed by atoms with E-state index in [2.05, 4.69) is 67.5 Å². The van der Waals surface area contributed by atoms with Crippen LogP contribution < -0.4 is 10.6 Å². The van der Waals surface area contributed by atoms with Crippen LogP contribution in [0.5, 0.6) is 0 Å². The number of aromatic nitrogens is 3. The Hall–Kier alpha value is -2.93. The van der Waals surface area contributed by atoms with Crippen LogP contribution in [0.25, 0.3) is 5.65 Å². The highest BCUT2D eigenvalue weighted by Crippen LogP contribution is 2.32. The average molecular weight is 539 g/mol. The molecule has 1 fully saturated rings. The lowest BCUT2D eigenvalue weighted by molar-refractivity contribution is 0.230. The summed E-state index contributed by atoms with van der Waals surface area (Å²) in [5.74, 6) is 0.708. The Morgan fingerprint density at radius 3 is 2.51 bits per heavy atom. The Kier molecular flexibility index (Phi) is 16.1. The van der Waals surface area contributed by atoms with E-state index in [1.54, 1.807) is 4.52 Å². The number of hydrogen-bond acceptors (Lipinski definition) is 4. The van der Waals surface area contributed by atoms with E-state index >= 15 is 0 Å². The van der Waals surface area contributed by atoms with Gasteiger partial charge in [-0.25, -0.2) is 14.3 Å². The molecule has 39 heavy (non-hydrogen) atoms. The first-order valence-electron chi connectivity index (χ1n) is 14.9. The standard InChI is InChI=1S/C21H27N5O.C9H21N.C2H6/c1-6-8-14(3)17-10-11-25(19(17)9-7-2)21(27)23-18-12-20-22-16(5)24-26(20)13-15(18)4;1-4-6-7-8-10-9(3)5-2;1-2/h6,8-9,12-13H,7,10-11H2,1-5H3,(H,23,27);9-10H,4-8H2,1-3H3;1-2H3/b8-6-,17-14-,19-9+;;. The molecule has 0 aromatic carbocycles. The number of carbonyl (C=O) groups is 1. The number of unbranched alkanes of at least 4 members (excludes halogenated alkanes) is 2. The fourth-order valence-corrected chi connectivity index (χ4v) is 4.34. The summed E-state index contributed by atoms with van der Waals surface area (Å²) in [7, 11) is 0. The van der Waals surface area contributed by atoms with E-state index in [1.165, 1.54) is 43.4 Å². The number of likely N-dealkylation sites (tertiary alicyclic amines) is 1. The van der Waals surface area contributed by atoms with Gasteiger partial charge in [0.1, 0.15) is 5.82 Å². The quantitative estimate of drug-likeness (QED) is 0.315. The third-order valence-corrected chi connectivity index (χ3v) is 6.63. The molecule has 7 nitrogen and oxygen atoms in total. The molecule has 3 heterocycles. The van der Waals surface area contributed by atoms with Gasteiger partial charge in [0.25, 0.3) is 0 Å². The Balaban J connectivity index is 0.000000537. The summed E-state index contributed by atoms with van der Waals surface area (Å²) in [5.41, 5.74) is 5.90. The van der Waals surface area contributed by atoms with Gasteiger partial charge in [0.2, 0.25) is 0 Å². The molecule has 0 saturated carbocycles. The second-order valence-electron chi connectivity index (χ2n) is 9.79. The molecule has 1 saturated heterocycles. The molecule has 0 radical (unpaired) electrons. The molecular formula is C32H54N6O. The summed E-state index contributed by atoms with van der Waals surface area (Å²) in [6.45, 7) is 22.6. The van der Waals surface area contributed by atoms with Gasteiger partial charge >= 0.3 is 6.03 Å². The van der Waals surface area contributed by atoms with Crippen LogP contribution in [0.15, 0.2) is 47.3 Å². The molecule has 1 atom stereocenters. The normalized spacial score (nSPS) is 16.2. The summed E-state index contributed by atoms with van der Waals surface area (Å²) in [6, 6.07) is 2.47. The van der Waals surface area contributed by atoms with E-state index in [0.717, 1.165) is 35.4 Å². The third-order valence-electron chi connectivity index (χ3n) is 6.63. The summed E-state index contributed by atoms with van der Waals surface area (Å²) >= 11 is 0. The average Bonchev–Trinajstić information content (AvgIpc) is 3.51. The minimum absolute atomic E-state index is 0.110. The van der Waals surface area contributed by atoms with Gasteiger partial charge in [-0.05, 0) is 83.6 Å². The minimum atomic E-state index is -0.110. The highest BCUT2D eigenvalue weighted by molar-refractivity contribution is 5.92. The number of allylic oxidation sites excluding steroid dienone is 5. The number of carbonyl (C=O) groups excluding carboxylic acids is 1. The van der Waals surface area contributed by atoms with Crippen LogP contribution in [-0.2, 0) is 0 Å². The van der Waals surface area contributed by atoms with Crippen LogP contribution in [0.1, 0.15) is 105 Å². The summed E-state index contributed by atoms with van der Waals surface area (Å²) in [6.07, 6.45) is 15.2. The molecule has 2 amide bonds. The van der Waals surface area contributed by atoms with Crippen LogP contribution in [0.4, 0.5) is 10.5 Å². The first-order chi connectivity index (χ1) is 18.7. The maximum Gasteiger partial charge on any atom is 0.326 e. The number of pyridine rings is 1. The van der Waals surface area contributed by atoms with Crippen molar-refractivity contribution in [3.05, 3.63) is 58.7 Å². The summed E-state index contributed by atoms with van der Waals surface area (Å²) in [4.78, 5) is 19.2. The Morgan fingerprint density at radius 2 is 1.90 bits per heavy atom.